The first-order valence-electron chi connectivity index (χ1n) is 3.54. The molecule has 1 aromatic heterocycles. The Bertz CT molecular complexity index is 313. The van der Waals surface area contributed by atoms with Gasteiger partial charge in [0.15, 0.2) is 0 Å². The van der Waals surface area contributed by atoms with E-state index in [1.54, 1.807) is 0 Å². The fraction of sp³-hybridized carbons (Fsp3) is 0. The SMILES string of the molecule is O=C(NO)c1ccc(C(=O)NO)nc1. The summed E-state index contributed by atoms with van der Waals surface area (Å²) in [6.07, 6.45) is 1.09. The maximum Gasteiger partial charge on any atom is 0.293 e. The molecule has 74 valence electrons. The Hall–Kier alpha value is -1.99. The number of amides is 2. The lowest BCUT2D eigenvalue weighted by atomic mass is 10.2. The molecule has 1 heterocycles. The van der Waals surface area contributed by atoms with Gasteiger partial charge >= 0.3 is 0 Å². The maximum absolute atomic E-state index is 10.8. The van der Waals surface area contributed by atoms with E-state index in [-0.39, 0.29) is 11.3 Å². The van der Waals surface area contributed by atoms with Crippen molar-refractivity contribution in [1.82, 2.24) is 15.9 Å². The molecule has 0 saturated carbocycles. The quantitative estimate of drug-likeness (QED) is 0.370. The molecule has 1 aromatic rings. The first-order chi connectivity index (χ1) is 6.69. The van der Waals surface area contributed by atoms with Gasteiger partial charge in [0.1, 0.15) is 5.69 Å². The number of hydrogen-bond acceptors (Lipinski definition) is 5. The van der Waals surface area contributed by atoms with Crippen molar-refractivity contribution in [3.8, 4) is 0 Å². The van der Waals surface area contributed by atoms with Crippen molar-refractivity contribution in [2.24, 2.45) is 0 Å². The van der Waals surface area contributed by atoms with Crippen LogP contribution < -0.4 is 11.0 Å². The van der Waals surface area contributed by atoms with E-state index >= 15 is 0 Å². The summed E-state index contributed by atoms with van der Waals surface area (Å²) < 4.78 is 0. The minimum atomic E-state index is -0.777. The highest BCUT2D eigenvalue weighted by atomic mass is 16.5. The molecule has 0 spiro atoms. The van der Waals surface area contributed by atoms with E-state index < -0.39 is 11.8 Å². The molecule has 7 heteroatoms. The van der Waals surface area contributed by atoms with Gasteiger partial charge in [0.2, 0.25) is 0 Å². The summed E-state index contributed by atoms with van der Waals surface area (Å²) in [5, 5.41) is 16.5. The van der Waals surface area contributed by atoms with Gasteiger partial charge in [-0.25, -0.2) is 11.0 Å². The topological polar surface area (TPSA) is 112 Å². The highest BCUT2D eigenvalue weighted by Crippen LogP contribution is 1.99. The smallest absolute Gasteiger partial charge is 0.288 e. The van der Waals surface area contributed by atoms with Gasteiger partial charge in [0, 0.05) is 6.20 Å². The van der Waals surface area contributed by atoms with Gasteiger partial charge in [0.25, 0.3) is 11.8 Å². The van der Waals surface area contributed by atoms with Gasteiger partial charge < -0.3 is 0 Å². The summed E-state index contributed by atoms with van der Waals surface area (Å²) in [5.41, 5.74) is 2.87. The van der Waals surface area contributed by atoms with Gasteiger partial charge in [-0.15, -0.1) is 0 Å². The molecule has 0 aromatic carbocycles. The summed E-state index contributed by atoms with van der Waals surface area (Å²) in [7, 11) is 0. The van der Waals surface area contributed by atoms with Crippen LogP contribution in [0.1, 0.15) is 20.8 Å². The van der Waals surface area contributed by atoms with Crippen LogP contribution in [0.15, 0.2) is 18.3 Å². The molecule has 0 saturated heterocycles. The zero-order chi connectivity index (χ0) is 10.6. The predicted octanol–water partition coefficient (Wildman–Crippen LogP) is -0.680. The average Bonchev–Trinajstić information content (AvgIpc) is 2.27. The Kier molecular flexibility index (Phi) is 3.10. The summed E-state index contributed by atoms with van der Waals surface area (Å²) in [5.74, 6) is -1.51. The van der Waals surface area contributed by atoms with Crippen LogP contribution in [-0.2, 0) is 0 Å². The lowest BCUT2D eigenvalue weighted by molar-refractivity contribution is 0.0693. The van der Waals surface area contributed by atoms with Gasteiger partial charge in [-0.2, -0.15) is 0 Å². The second-order valence-corrected chi connectivity index (χ2v) is 2.31. The van der Waals surface area contributed by atoms with E-state index in [0.29, 0.717) is 0 Å². The lowest BCUT2D eigenvalue weighted by Gasteiger charge is -1.99. The van der Waals surface area contributed by atoms with Crippen molar-refractivity contribution in [1.29, 1.82) is 0 Å². The molecule has 0 aliphatic heterocycles. The summed E-state index contributed by atoms with van der Waals surface area (Å²) >= 11 is 0. The van der Waals surface area contributed by atoms with Crippen LogP contribution in [0.4, 0.5) is 0 Å². The molecular formula is C7H7N3O4. The number of nitrogens with zero attached hydrogens (tertiary/aromatic N) is 1. The second-order valence-electron chi connectivity index (χ2n) is 2.31. The fourth-order valence-electron chi connectivity index (χ4n) is 0.784. The highest BCUT2D eigenvalue weighted by molar-refractivity contribution is 5.95. The van der Waals surface area contributed by atoms with Crippen molar-refractivity contribution in [3.05, 3.63) is 29.6 Å². The zero-order valence-corrected chi connectivity index (χ0v) is 6.89. The maximum atomic E-state index is 10.8. The van der Waals surface area contributed by atoms with E-state index in [4.69, 9.17) is 10.4 Å². The third-order valence-electron chi connectivity index (χ3n) is 1.46. The molecular weight excluding hydrogens is 190 g/mol. The lowest BCUT2D eigenvalue weighted by Crippen LogP contribution is -2.22. The zero-order valence-electron chi connectivity index (χ0n) is 6.89. The summed E-state index contributed by atoms with van der Waals surface area (Å²) in [6.45, 7) is 0. The minimum Gasteiger partial charge on any atom is -0.288 e. The highest BCUT2D eigenvalue weighted by Gasteiger charge is 2.08. The third-order valence-corrected chi connectivity index (χ3v) is 1.46. The number of carbonyl (C=O) groups is 2. The van der Waals surface area contributed by atoms with Crippen LogP contribution in [0.25, 0.3) is 0 Å². The van der Waals surface area contributed by atoms with Crippen molar-refractivity contribution >= 4 is 11.8 Å². The molecule has 0 aliphatic carbocycles. The van der Waals surface area contributed by atoms with Gasteiger partial charge in [0.05, 0.1) is 5.56 Å². The molecule has 1 rings (SSSR count). The van der Waals surface area contributed by atoms with E-state index in [1.165, 1.54) is 23.1 Å². The number of rotatable bonds is 2. The minimum absolute atomic E-state index is 0.0398. The fourth-order valence-corrected chi connectivity index (χ4v) is 0.784. The van der Waals surface area contributed by atoms with Crippen LogP contribution in [0.5, 0.6) is 0 Å². The molecule has 14 heavy (non-hydrogen) atoms. The Morgan fingerprint density at radius 1 is 1.14 bits per heavy atom. The Labute approximate surface area is 78.3 Å². The Morgan fingerprint density at radius 2 is 1.79 bits per heavy atom. The van der Waals surface area contributed by atoms with E-state index in [9.17, 15) is 9.59 Å². The normalized spacial score (nSPS) is 9.29. The van der Waals surface area contributed by atoms with Crippen molar-refractivity contribution in [2.75, 3.05) is 0 Å². The number of carbonyl (C=O) groups excluding carboxylic acids is 2. The summed E-state index contributed by atoms with van der Waals surface area (Å²) in [6, 6.07) is 2.51. The summed E-state index contributed by atoms with van der Waals surface area (Å²) in [4.78, 5) is 25.2. The Morgan fingerprint density at radius 3 is 2.21 bits per heavy atom. The first kappa shape index (κ1) is 10.1. The molecule has 7 nitrogen and oxygen atoms in total. The number of hydrogen-bond donors (Lipinski definition) is 4. The van der Waals surface area contributed by atoms with Crippen LogP contribution in [0, 0.1) is 0 Å². The number of hydroxylamine groups is 2. The van der Waals surface area contributed by atoms with Crippen LogP contribution in [-0.4, -0.2) is 27.2 Å². The van der Waals surface area contributed by atoms with Gasteiger partial charge in [-0.1, -0.05) is 0 Å². The largest absolute Gasteiger partial charge is 0.293 e. The number of nitrogens with one attached hydrogen (secondary N) is 2. The molecule has 0 fully saturated rings. The molecule has 0 bridgehead atoms. The van der Waals surface area contributed by atoms with Gasteiger partial charge in [-0.05, 0) is 12.1 Å². The molecule has 0 aliphatic rings. The Balaban J connectivity index is 2.89. The molecule has 4 N–H and O–H groups in total. The molecule has 0 atom stereocenters. The second kappa shape index (κ2) is 4.30. The van der Waals surface area contributed by atoms with E-state index in [1.807, 2.05) is 0 Å². The van der Waals surface area contributed by atoms with Gasteiger partial charge in [-0.3, -0.25) is 25.0 Å². The predicted molar refractivity (Wildman–Crippen MR) is 42.7 cm³/mol. The third kappa shape index (κ3) is 2.03. The standard InChI is InChI=1S/C7H7N3O4/c11-6(9-13)4-1-2-5(8-3-4)7(12)10-14/h1-3,13-14H,(H,9,11)(H,10,12). The van der Waals surface area contributed by atoms with E-state index in [2.05, 4.69) is 4.98 Å². The van der Waals surface area contributed by atoms with Crippen LogP contribution >= 0.6 is 0 Å². The number of pyridine rings is 1. The van der Waals surface area contributed by atoms with E-state index in [0.717, 1.165) is 6.20 Å². The van der Waals surface area contributed by atoms with Crippen molar-refractivity contribution in [3.63, 3.8) is 0 Å². The molecule has 2 amide bonds. The first-order valence-corrected chi connectivity index (χ1v) is 3.54. The van der Waals surface area contributed by atoms with Crippen LogP contribution in [0.2, 0.25) is 0 Å². The van der Waals surface area contributed by atoms with Crippen molar-refractivity contribution in [2.45, 2.75) is 0 Å². The van der Waals surface area contributed by atoms with Crippen LogP contribution in [0.3, 0.4) is 0 Å². The average molecular weight is 197 g/mol. The monoisotopic (exact) mass is 197 g/mol. The number of aromatic nitrogens is 1. The van der Waals surface area contributed by atoms with Crippen molar-refractivity contribution < 1.29 is 20.0 Å². The molecule has 0 unspecified atom stereocenters. The molecule has 0 radical (unpaired) electrons.